The number of amides is 2. The molecule has 0 radical (unpaired) electrons. The SMILES string of the molecule is O=C(C[C@H]1SC(=Nc2ccc(F)cc2)N(Cc2ccc(Cl)cc2)C1=O)Nc1ccc(Cl)cc1. The van der Waals surface area contributed by atoms with Crippen molar-refractivity contribution < 1.29 is 14.0 Å². The van der Waals surface area contributed by atoms with E-state index in [0.717, 1.165) is 5.56 Å². The largest absolute Gasteiger partial charge is 0.326 e. The number of amidine groups is 1. The Morgan fingerprint density at radius 2 is 1.58 bits per heavy atom. The molecule has 1 fully saturated rings. The van der Waals surface area contributed by atoms with Crippen molar-refractivity contribution in [1.29, 1.82) is 0 Å². The minimum atomic E-state index is -0.635. The van der Waals surface area contributed by atoms with Gasteiger partial charge in [0.15, 0.2) is 5.17 Å². The third-order valence-electron chi connectivity index (χ3n) is 4.82. The van der Waals surface area contributed by atoms with Crippen molar-refractivity contribution >= 4 is 63.3 Å². The summed E-state index contributed by atoms with van der Waals surface area (Å²) in [6, 6.07) is 19.6. The molecular formula is C24H18Cl2FN3O2S. The summed E-state index contributed by atoms with van der Waals surface area (Å²) in [4.78, 5) is 31.9. The molecule has 0 spiro atoms. The second-order valence-electron chi connectivity index (χ2n) is 7.29. The summed E-state index contributed by atoms with van der Waals surface area (Å²) >= 11 is 13.1. The minimum Gasteiger partial charge on any atom is -0.326 e. The van der Waals surface area contributed by atoms with Crippen molar-refractivity contribution in [2.45, 2.75) is 18.2 Å². The van der Waals surface area contributed by atoms with Crippen LogP contribution in [0.5, 0.6) is 0 Å². The summed E-state index contributed by atoms with van der Waals surface area (Å²) < 4.78 is 13.3. The Kier molecular flexibility index (Phi) is 7.33. The van der Waals surface area contributed by atoms with E-state index >= 15 is 0 Å². The fourth-order valence-electron chi connectivity index (χ4n) is 3.18. The molecule has 168 valence electrons. The highest BCUT2D eigenvalue weighted by Crippen LogP contribution is 2.33. The first kappa shape index (κ1) is 23.3. The fourth-order valence-corrected chi connectivity index (χ4v) is 4.59. The number of hydrogen-bond donors (Lipinski definition) is 1. The van der Waals surface area contributed by atoms with Gasteiger partial charge in [0.1, 0.15) is 11.1 Å². The van der Waals surface area contributed by atoms with Gasteiger partial charge in [-0.2, -0.15) is 0 Å². The average Bonchev–Trinajstić information content (AvgIpc) is 3.07. The number of hydrogen-bond acceptors (Lipinski definition) is 4. The number of benzene rings is 3. The third kappa shape index (κ3) is 6.13. The second kappa shape index (κ2) is 10.4. The molecule has 0 saturated carbocycles. The van der Waals surface area contributed by atoms with Crippen molar-refractivity contribution in [1.82, 2.24) is 4.90 Å². The molecule has 1 heterocycles. The molecule has 1 N–H and O–H groups in total. The second-order valence-corrected chi connectivity index (χ2v) is 9.33. The van der Waals surface area contributed by atoms with Crippen LogP contribution in [0.2, 0.25) is 10.0 Å². The van der Waals surface area contributed by atoms with Gasteiger partial charge in [0, 0.05) is 22.2 Å². The molecule has 5 nitrogen and oxygen atoms in total. The Labute approximate surface area is 204 Å². The fraction of sp³-hybridized carbons (Fsp3) is 0.125. The smallest absolute Gasteiger partial charge is 0.242 e. The van der Waals surface area contributed by atoms with Crippen molar-refractivity contribution in [3.8, 4) is 0 Å². The highest BCUT2D eigenvalue weighted by Gasteiger charge is 2.39. The molecule has 4 rings (SSSR count). The molecule has 3 aromatic rings. The molecule has 0 bridgehead atoms. The highest BCUT2D eigenvalue weighted by molar-refractivity contribution is 8.15. The molecule has 0 aliphatic carbocycles. The topological polar surface area (TPSA) is 61.8 Å². The lowest BCUT2D eigenvalue weighted by molar-refractivity contribution is -0.128. The van der Waals surface area contributed by atoms with Crippen LogP contribution < -0.4 is 5.32 Å². The summed E-state index contributed by atoms with van der Waals surface area (Å²) in [7, 11) is 0. The van der Waals surface area contributed by atoms with E-state index in [-0.39, 0.29) is 30.6 Å². The van der Waals surface area contributed by atoms with Crippen LogP contribution in [0.15, 0.2) is 77.8 Å². The zero-order valence-electron chi connectivity index (χ0n) is 17.2. The first-order chi connectivity index (χ1) is 15.9. The molecule has 1 saturated heterocycles. The number of nitrogens with zero attached hydrogens (tertiary/aromatic N) is 2. The van der Waals surface area contributed by atoms with Crippen LogP contribution in [0.25, 0.3) is 0 Å². The van der Waals surface area contributed by atoms with Crippen LogP contribution in [-0.4, -0.2) is 27.1 Å². The number of halogens is 3. The number of aliphatic imine (C=N–C) groups is 1. The van der Waals surface area contributed by atoms with E-state index in [1.165, 1.54) is 40.9 Å². The normalized spacial score (nSPS) is 16.9. The Bertz CT molecular complexity index is 1190. The molecular weight excluding hydrogens is 484 g/mol. The highest BCUT2D eigenvalue weighted by atomic mass is 35.5. The minimum absolute atomic E-state index is 0.0221. The molecule has 0 aromatic heterocycles. The van der Waals surface area contributed by atoms with Crippen LogP contribution in [0.1, 0.15) is 12.0 Å². The van der Waals surface area contributed by atoms with Crippen molar-refractivity contribution in [3.63, 3.8) is 0 Å². The molecule has 2 amide bonds. The van der Waals surface area contributed by atoms with Gasteiger partial charge >= 0.3 is 0 Å². The number of thioether (sulfide) groups is 1. The van der Waals surface area contributed by atoms with Crippen LogP contribution in [-0.2, 0) is 16.1 Å². The summed E-state index contributed by atoms with van der Waals surface area (Å²) in [5.41, 5.74) is 1.98. The number of carbonyl (C=O) groups is 2. The van der Waals surface area contributed by atoms with E-state index in [9.17, 15) is 14.0 Å². The number of nitrogens with one attached hydrogen (secondary N) is 1. The summed E-state index contributed by atoms with van der Waals surface area (Å²) in [5, 5.41) is 3.75. The lowest BCUT2D eigenvalue weighted by Crippen LogP contribution is -2.33. The Hall–Kier alpha value is -2.87. The van der Waals surface area contributed by atoms with Gasteiger partial charge in [-0.1, -0.05) is 47.1 Å². The number of rotatable bonds is 6. The monoisotopic (exact) mass is 501 g/mol. The first-order valence-corrected chi connectivity index (χ1v) is 11.6. The Balaban J connectivity index is 1.53. The van der Waals surface area contributed by atoms with E-state index in [1.54, 1.807) is 36.4 Å². The van der Waals surface area contributed by atoms with E-state index in [4.69, 9.17) is 23.2 Å². The van der Waals surface area contributed by atoms with Crippen molar-refractivity contribution in [2.24, 2.45) is 4.99 Å². The van der Waals surface area contributed by atoms with Gasteiger partial charge in [0.25, 0.3) is 0 Å². The molecule has 1 aliphatic heterocycles. The van der Waals surface area contributed by atoms with Crippen LogP contribution in [0.3, 0.4) is 0 Å². The van der Waals surface area contributed by atoms with Gasteiger partial charge in [-0.3, -0.25) is 14.5 Å². The predicted octanol–water partition coefficient (Wildman–Crippen LogP) is 6.29. The first-order valence-electron chi connectivity index (χ1n) is 9.99. The maximum absolute atomic E-state index is 13.3. The summed E-state index contributed by atoms with van der Waals surface area (Å²) in [6.07, 6.45) is -0.0221. The van der Waals surface area contributed by atoms with Crippen molar-refractivity contribution in [3.05, 3.63) is 94.2 Å². The van der Waals surface area contributed by atoms with Gasteiger partial charge in [-0.05, 0) is 66.2 Å². The van der Waals surface area contributed by atoms with Gasteiger partial charge in [-0.15, -0.1) is 0 Å². The van der Waals surface area contributed by atoms with Gasteiger partial charge < -0.3 is 5.32 Å². The maximum atomic E-state index is 13.3. The maximum Gasteiger partial charge on any atom is 0.242 e. The lowest BCUT2D eigenvalue weighted by atomic mass is 10.2. The van der Waals surface area contributed by atoms with Gasteiger partial charge in [-0.25, -0.2) is 9.38 Å². The van der Waals surface area contributed by atoms with Crippen LogP contribution in [0.4, 0.5) is 15.8 Å². The Morgan fingerprint density at radius 1 is 0.970 bits per heavy atom. The van der Waals surface area contributed by atoms with E-state index in [0.29, 0.717) is 26.6 Å². The summed E-state index contributed by atoms with van der Waals surface area (Å²) in [5.74, 6) is -0.886. The third-order valence-corrected chi connectivity index (χ3v) is 6.50. The molecule has 0 unspecified atom stereocenters. The molecule has 1 atom stereocenters. The predicted molar refractivity (Wildman–Crippen MR) is 132 cm³/mol. The van der Waals surface area contributed by atoms with Crippen LogP contribution >= 0.6 is 35.0 Å². The molecule has 3 aromatic carbocycles. The quantitative estimate of drug-likeness (QED) is 0.431. The zero-order chi connectivity index (χ0) is 23.4. The summed E-state index contributed by atoms with van der Waals surface area (Å²) in [6.45, 7) is 0.276. The van der Waals surface area contributed by atoms with Gasteiger partial charge in [0.05, 0.1) is 12.2 Å². The molecule has 33 heavy (non-hydrogen) atoms. The van der Waals surface area contributed by atoms with E-state index < -0.39 is 5.25 Å². The molecule has 9 heteroatoms. The number of anilines is 1. The average molecular weight is 502 g/mol. The van der Waals surface area contributed by atoms with E-state index in [1.807, 2.05) is 12.1 Å². The van der Waals surface area contributed by atoms with E-state index in [2.05, 4.69) is 10.3 Å². The Morgan fingerprint density at radius 3 is 2.21 bits per heavy atom. The molecule has 1 aliphatic rings. The van der Waals surface area contributed by atoms with Gasteiger partial charge in [0.2, 0.25) is 11.8 Å². The standard InChI is InChI=1S/C24H18Cl2FN3O2S/c25-16-3-1-15(2-4-16)14-30-23(32)21(13-22(31)28-19-9-5-17(26)6-10-19)33-24(30)29-20-11-7-18(27)8-12-20/h1-12,21H,13-14H2,(H,28,31)/t21-/m1/s1. The van der Waals surface area contributed by atoms with Crippen molar-refractivity contribution in [2.75, 3.05) is 5.32 Å². The zero-order valence-corrected chi connectivity index (χ0v) is 19.5. The van der Waals surface area contributed by atoms with Crippen LogP contribution in [0, 0.1) is 5.82 Å². The lowest BCUT2D eigenvalue weighted by Gasteiger charge is -2.17. The number of carbonyl (C=O) groups excluding carboxylic acids is 2.